The van der Waals surface area contributed by atoms with Gasteiger partial charge in [0.25, 0.3) is 5.91 Å². The molecule has 0 bridgehead atoms. The lowest BCUT2D eigenvalue weighted by atomic mass is 9.94. The fourth-order valence-electron chi connectivity index (χ4n) is 3.72. The van der Waals surface area contributed by atoms with Crippen LogP contribution in [0.2, 0.25) is 0 Å². The number of alkyl halides is 3. The molecule has 1 amide bonds. The Morgan fingerprint density at radius 2 is 1.71 bits per heavy atom. The van der Waals surface area contributed by atoms with Crippen molar-refractivity contribution >= 4 is 15.9 Å². The van der Waals surface area contributed by atoms with Gasteiger partial charge in [-0.05, 0) is 69.7 Å². The van der Waals surface area contributed by atoms with Crippen molar-refractivity contribution in [3.8, 4) is 0 Å². The number of hydrogen-bond acceptors (Lipinski definition) is 3. The van der Waals surface area contributed by atoms with Crippen molar-refractivity contribution in [3.63, 3.8) is 0 Å². The minimum atomic E-state index is -4.56. The lowest BCUT2D eigenvalue weighted by Crippen LogP contribution is -2.58. The monoisotopic (exact) mass is 418 g/mol. The zero-order chi connectivity index (χ0) is 20.7. The van der Waals surface area contributed by atoms with Crippen LogP contribution in [0.15, 0.2) is 29.2 Å². The summed E-state index contributed by atoms with van der Waals surface area (Å²) in [5, 5.41) is 2.12. The molecule has 1 N–H and O–H groups in total. The van der Waals surface area contributed by atoms with Crippen LogP contribution in [-0.2, 0) is 10.0 Å². The van der Waals surface area contributed by atoms with Crippen LogP contribution in [-0.4, -0.2) is 42.9 Å². The van der Waals surface area contributed by atoms with E-state index in [0.717, 1.165) is 26.2 Å². The maximum absolute atomic E-state index is 13.4. The molecule has 3 rings (SSSR count). The summed E-state index contributed by atoms with van der Waals surface area (Å²) in [6.07, 6.45) is -1.16. The summed E-state index contributed by atoms with van der Waals surface area (Å²) >= 11 is 0. The smallest absolute Gasteiger partial charge is 0.338 e. The summed E-state index contributed by atoms with van der Waals surface area (Å²) in [7, 11) is -3.69. The molecule has 1 aliphatic carbocycles. The quantitative estimate of drug-likeness (QED) is 0.793. The number of benzene rings is 1. The number of hydrogen-bond donors (Lipinski definition) is 1. The molecule has 0 spiro atoms. The maximum Gasteiger partial charge on any atom is 0.411 e. The summed E-state index contributed by atoms with van der Waals surface area (Å²) < 4.78 is 67.4. The van der Waals surface area contributed by atoms with E-state index in [1.807, 2.05) is 6.92 Å². The maximum atomic E-state index is 13.4. The van der Waals surface area contributed by atoms with E-state index in [2.05, 4.69) is 5.32 Å². The van der Waals surface area contributed by atoms with Crippen LogP contribution in [0.5, 0.6) is 0 Å². The van der Waals surface area contributed by atoms with Crippen molar-refractivity contribution in [2.75, 3.05) is 6.54 Å². The first kappa shape index (κ1) is 21.1. The van der Waals surface area contributed by atoms with Gasteiger partial charge in [0.2, 0.25) is 10.0 Å². The molecule has 9 heteroatoms. The predicted molar refractivity (Wildman–Crippen MR) is 98.3 cm³/mol. The van der Waals surface area contributed by atoms with Gasteiger partial charge in [-0.2, -0.15) is 17.5 Å². The first-order chi connectivity index (χ1) is 13.0. The summed E-state index contributed by atoms with van der Waals surface area (Å²) in [6, 6.07) is 5.00. The lowest BCUT2D eigenvalue weighted by Gasteiger charge is -2.33. The number of carbonyl (C=O) groups is 1. The Hall–Kier alpha value is -1.61. The SMILES string of the molecule is C[C@H]1CCCCN1S(=O)(=O)c1ccc(C(=O)N[C@@](C)(C2CC2)C(F)(F)F)cc1. The van der Waals surface area contributed by atoms with Gasteiger partial charge in [-0.25, -0.2) is 8.42 Å². The summed E-state index contributed by atoms with van der Waals surface area (Å²) in [5.41, 5.74) is -2.28. The molecular formula is C19H25F3N2O3S. The molecule has 0 radical (unpaired) electrons. The Morgan fingerprint density at radius 3 is 2.21 bits per heavy atom. The second-order valence-electron chi connectivity index (χ2n) is 7.91. The lowest BCUT2D eigenvalue weighted by molar-refractivity contribution is -0.194. The van der Waals surface area contributed by atoms with Crippen molar-refractivity contribution in [3.05, 3.63) is 29.8 Å². The van der Waals surface area contributed by atoms with Crippen molar-refractivity contribution in [1.29, 1.82) is 0 Å². The zero-order valence-electron chi connectivity index (χ0n) is 15.9. The number of rotatable bonds is 5. The minimum Gasteiger partial charge on any atom is -0.338 e. The Morgan fingerprint density at radius 1 is 1.11 bits per heavy atom. The first-order valence-electron chi connectivity index (χ1n) is 9.48. The number of nitrogens with zero attached hydrogens (tertiary/aromatic N) is 1. The molecule has 1 aromatic carbocycles. The molecule has 28 heavy (non-hydrogen) atoms. The fourth-order valence-corrected chi connectivity index (χ4v) is 5.42. The second kappa shape index (κ2) is 7.33. The van der Waals surface area contributed by atoms with Crippen molar-refractivity contribution in [2.45, 2.75) is 68.6 Å². The number of carbonyl (C=O) groups excluding carboxylic acids is 1. The largest absolute Gasteiger partial charge is 0.411 e. The number of sulfonamides is 1. The van der Waals surface area contributed by atoms with E-state index < -0.39 is 33.6 Å². The number of amides is 1. The van der Waals surface area contributed by atoms with Crippen LogP contribution in [0.3, 0.4) is 0 Å². The molecule has 1 saturated carbocycles. The Bertz CT molecular complexity index is 835. The Kier molecular flexibility index (Phi) is 5.53. The molecule has 1 heterocycles. The molecule has 5 nitrogen and oxygen atoms in total. The van der Waals surface area contributed by atoms with E-state index in [0.29, 0.717) is 19.4 Å². The summed E-state index contributed by atoms with van der Waals surface area (Å²) in [4.78, 5) is 12.4. The van der Waals surface area contributed by atoms with E-state index in [4.69, 9.17) is 0 Å². The molecule has 0 unspecified atom stereocenters. The van der Waals surface area contributed by atoms with Gasteiger partial charge < -0.3 is 5.32 Å². The van der Waals surface area contributed by atoms with Gasteiger partial charge in [0.1, 0.15) is 5.54 Å². The molecule has 1 aromatic rings. The average molecular weight is 418 g/mol. The first-order valence-corrected chi connectivity index (χ1v) is 10.9. The van der Waals surface area contributed by atoms with Crippen LogP contribution < -0.4 is 5.32 Å². The molecule has 0 aromatic heterocycles. The second-order valence-corrected chi connectivity index (χ2v) is 9.80. The van der Waals surface area contributed by atoms with Gasteiger partial charge >= 0.3 is 6.18 Å². The topological polar surface area (TPSA) is 66.5 Å². The highest BCUT2D eigenvalue weighted by atomic mass is 32.2. The molecule has 2 atom stereocenters. The molecule has 2 fully saturated rings. The van der Waals surface area contributed by atoms with Crippen molar-refractivity contribution < 1.29 is 26.4 Å². The zero-order valence-corrected chi connectivity index (χ0v) is 16.7. The van der Waals surface area contributed by atoms with E-state index >= 15 is 0 Å². The van der Waals surface area contributed by atoms with Crippen LogP contribution in [0.4, 0.5) is 13.2 Å². The highest BCUT2D eigenvalue weighted by molar-refractivity contribution is 7.89. The Labute approximate surface area is 163 Å². The van der Waals surface area contributed by atoms with Gasteiger partial charge in [0.15, 0.2) is 0 Å². The van der Waals surface area contributed by atoms with Gasteiger partial charge in [-0.1, -0.05) is 6.42 Å². The number of nitrogens with one attached hydrogen (secondary N) is 1. The van der Waals surface area contributed by atoms with Gasteiger partial charge in [0.05, 0.1) is 4.90 Å². The highest BCUT2D eigenvalue weighted by Crippen LogP contribution is 2.48. The molecule has 2 aliphatic rings. The third kappa shape index (κ3) is 3.91. The Balaban J connectivity index is 1.78. The molecule has 1 saturated heterocycles. The minimum absolute atomic E-state index is 0.00164. The number of halogens is 3. The van der Waals surface area contributed by atoms with Crippen LogP contribution in [0.25, 0.3) is 0 Å². The highest BCUT2D eigenvalue weighted by Gasteiger charge is 2.60. The van der Waals surface area contributed by atoms with Crippen LogP contribution in [0, 0.1) is 5.92 Å². The van der Waals surface area contributed by atoms with Crippen LogP contribution in [0.1, 0.15) is 56.3 Å². The van der Waals surface area contributed by atoms with E-state index in [-0.39, 0.29) is 16.5 Å². The predicted octanol–water partition coefficient (Wildman–Crippen LogP) is 3.71. The van der Waals surface area contributed by atoms with Gasteiger partial charge in [0, 0.05) is 18.2 Å². The average Bonchev–Trinajstić information content (AvgIpc) is 3.46. The molecular weight excluding hydrogens is 393 g/mol. The van der Waals surface area contributed by atoms with Gasteiger partial charge in [-0.3, -0.25) is 4.79 Å². The summed E-state index contributed by atoms with van der Waals surface area (Å²) in [5.74, 6) is -1.49. The van der Waals surface area contributed by atoms with E-state index in [9.17, 15) is 26.4 Å². The van der Waals surface area contributed by atoms with Crippen molar-refractivity contribution in [1.82, 2.24) is 9.62 Å². The van der Waals surface area contributed by atoms with E-state index in [1.165, 1.54) is 28.6 Å². The fraction of sp³-hybridized carbons (Fsp3) is 0.632. The number of piperidine rings is 1. The van der Waals surface area contributed by atoms with Crippen molar-refractivity contribution in [2.24, 2.45) is 5.92 Å². The van der Waals surface area contributed by atoms with Crippen LogP contribution >= 0.6 is 0 Å². The molecule has 1 aliphatic heterocycles. The van der Waals surface area contributed by atoms with E-state index in [1.54, 1.807) is 0 Å². The molecule has 156 valence electrons. The third-order valence-corrected chi connectivity index (χ3v) is 7.85. The summed E-state index contributed by atoms with van der Waals surface area (Å²) in [6.45, 7) is 3.30. The van der Waals surface area contributed by atoms with Gasteiger partial charge in [-0.15, -0.1) is 0 Å². The standard InChI is InChI=1S/C19H25F3N2O3S/c1-13-5-3-4-12-24(13)28(26,27)16-10-6-14(7-11-16)17(25)23-18(2,15-8-9-15)19(20,21)22/h6-7,10-11,13,15H,3-5,8-9,12H2,1-2H3,(H,23,25)/t13-,18-/m0/s1. The normalized spacial score (nSPS) is 23.8. The third-order valence-electron chi connectivity index (χ3n) is 5.82.